The van der Waals surface area contributed by atoms with E-state index in [1.165, 1.54) is 23.5 Å². The lowest BCUT2D eigenvalue weighted by atomic mass is 10.1. The average Bonchev–Trinajstić information content (AvgIpc) is 3.15. The molecule has 0 atom stereocenters. The number of rotatable bonds is 7. The molecule has 0 aliphatic carbocycles. The van der Waals surface area contributed by atoms with Gasteiger partial charge in [0.1, 0.15) is 10.8 Å². The van der Waals surface area contributed by atoms with Crippen LogP contribution in [0.4, 0.5) is 4.39 Å². The van der Waals surface area contributed by atoms with Crippen LogP contribution < -0.4 is 10.6 Å². The summed E-state index contributed by atoms with van der Waals surface area (Å²) >= 11 is 1.38. The first kappa shape index (κ1) is 19.7. The Kier molecular flexibility index (Phi) is 6.49. The molecule has 0 aliphatic rings. The molecule has 0 saturated carbocycles. The predicted octanol–water partition coefficient (Wildman–Crippen LogP) is 3.56. The van der Waals surface area contributed by atoms with Crippen molar-refractivity contribution in [2.75, 3.05) is 6.54 Å². The summed E-state index contributed by atoms with van der Waals surface area (Å²) in [6, 6.07) is 13.3. The minimum Gasteiger partial charge on any atom is -0.352 e. The van der Waals surface area contributed by atoms with Gasteiger partial charge in [-0.05, 0) is 36.8 Å². The van der Waals surface area contributed by atoms with Crippen LogP contribution in [-0.4, -0.2) is 23.3 Å². The Bertz CT molecular complexity index is 970. The summed E-state index contributed by atoms with van der Waals surface area (Å²) < 4.78 is 13.3. The fourth-order valence-corrected chi connectivity index (χ4v) is 3.42. The van der Waals surface area contributed by atoms with E-state index in [4.69, 9.17) is 0 Å². The van der Waals surface area contributed by atoms with Gasteiger partial charge in [-0.3, -0.25) is 9.59 Å². The lowest BCUT2D eigenvalue weighted by Gasteiger charge is -2.06. The molecule has 2 N–H and O–H groups in total. The molecule has 1 heterocycles. The van der Waals surface area contributed by atoms with Gasteiger partial charge in [0.2, 0.25) is 5.91 Å². The predicted molar refractivity (Wildman–Crippen MR) is 108 cm³/mol. The minimum atomic E-state index is -0.315. The van der Waals surface area contributed by atoms with Gasteiger partial charge < -0.3 is 10.6 Å². The molecular formula is C21H20FN3O2S. The third-order valence-electron chi connectivity index (χ3n) is 4.01. The topological polar surface area (TPSA) is 71.1 Å². The number of nitrogens with one attached hydrogen (secondary N) is 2. The van der Waals surface area contributed by atoms with E-state index in [0.717, 1.165) is 5.56 Å². The maximum Gasteiger partial charge on any atom is 0.251 e. The first-order valence-electron chi connectivity index (χ1n) is 8.89. The van der Waals surface area contributed by atoms with Gasteiger partial charge in [-0.2, -0.15) is 0 Å². The van der Waals surface area contributed by atoms with Gasteiger partial charge in [-0.1, -0.05) is 24.3 Å². The first-order chi connectivity index (χ1) is 13.5. The van der Waals surface area contributed by atoms with Gasteiger partial charge in [-0.15, -0.1) is 11.3 Å². The second kappa shape index (κ2) is 9.23. The SMILES string of the molecule is CCNC(=O)c1ccc(CNC(=O)Cc2csc(-c3cccc(F)c3)n2)cc1. The van der Waals surface area contributed by atoms with Crippen LogP contribution >= 0.6 is 11.3 Å². The Morgan fingerprint density at radius 3 is 2.61 bits per heavy atom. The van der Waals surface area contributed by atoms with Crippen LogP contribution in [0.2, 0.25) is 0 Å². The van der Waals surface area contributed by atoms with Crippen molar-refractivity contribution in [1.82, 2.24) is 15.6 Å². The Labute approximate surface area is 166 Å². The van der Waals surface area contributed by atoms with Crippen molar-refractivity contribution in [3.8, 4) is 10.6 Å². The highest BCUT2D eigenvalue weighted by atomic mass is 32.1. The number of hydrogen-bond acceptors (Lipinski definition) is 4. The molecule has 5 nitrogen and oxygen atoms in total. The molecule has 0 unspecified atom stereocenters. The van der Waals surface area contributed by atoms with Crippen LogP contribution in [-0.2, 0) is 17.8 Å². The molecule has 2 amide bonds. The van der Waals surface area contributed by atoms with E-state index in [1.807, 2.05) is 19.1 Å². The van der Waals surface area contributed by atoms with Gasteiger partial charge in [-0.25, -0.2) is 9.37 Å². The Balaban J connectivity index is 1.53. The lowest BCUT2D eigenvalue weighted by molar-refractivity contribution is -0.120. The smallest absolute Gasteiger partial charge is 0.251 e. The summed E-state index contributed by atoms with van der Waals surface area (Å²) in [6.45, 7) is 2.81. The monoisotopic (exact) mass is 397 g/mol. The zero-order valence-electron chi connectivity index (χ0n) is 15.4. The number of carbonyl (C=O) groups excluding carboxylic acids is 2. The van der Waals surface area contributed by atoms with Crippen LogP contribution in [0.25, 0.3) is 10.6 Å². The van der Waals surface area contributed by atoms with Crippen molar-refractivity contribution < 1.29 is 14.0 Å². The number of aromatic nitrogens is 1. The molecule has 3 aromatic rings. The van der Waals surface area contributed by atoms with Crippen LogP contribution in [0.3, 0.4) is 0 Å². The number of amides is 2. The molecule has 0 bridgehead atoms. The Morgan fingerprint density at radius 2 is 1.89 bits per heavy atom. The van der Waals surface area contributed by atoms with Crippen molar-refractivity contribution in [2.24, 2.45) is 0 Å². The van der Waals surface area contributed by atoms with Gasteiger partial charge >= 0.3 is 0 Å². The van der Waals surface area contributed by atoms with E-state index in [-0.39, 0.29) is 24.1 Å². The summed E-state index contributed by atoms with van der Waals surface area (Å²) in [5, 5.41) is 8.07. The van der Waals surface area contributed by atoms with E-state index < -0.39 is 0 Å². The molecular weight excluding hydrogens is 377 g/mol. The third kappa shape index (κ3) is 5.23. The zero-order valence-corrected chi connectivity index (χ0v) is 16.2. The largest absolute Gasteiger partial charge is 0.352 e. The van der Waals surface area contributed by atoms with Crippen molar-refractivity contribution in [3.63, 3.8) is 0 Å². The second-order valence-corrected chi connectivity index (χ2v) is 7.02. The lowest BCUT2D eigenvalue weighted by Crippen LogP contribution is -2.25. The van der Waals surface area contributed by atoms with E-state index in [1.54, 1.807) is 29.6 Å². The van der Waals surface area contributed by atoms with Crippen LogP contribution in [0.5, 0.6) is 0 Å². The maximum absolute atomic E-state index is 13.3. The minimum absolute atomic E-state index is 0.115. The van der Waals surface area contributed by atoms with Gasteiger partial charge in [0.15, 0.2) is 0 Å². The van der Waals surface area contributed by atoms with E-state index in [2.05, 4.69) is 15.6 Å². The Hall–Kier alpha value is -3.06. The van der Waals surface area contributed by atoms with Crippen molar-refractivity contribution >= 4 is 23.2 Å². The van der Waals surface area contributed by atoms with Gasteiger partial charge in [0.25, 0.3) is 5.91 Å². The highest BCUT2D eigenvalue weighted by Crippen LogP contribution is 2.24. The molecule has 0 saturated heterocycles. The van der Waals surface area contributed by atoms with E-state index in [9.17, 15) is 14.0 Å². The molecule has 0 radical (unpaired) electrons. The number of carbonyl (C=O) groups is 2. The van der Waals surface area contributed by atoms with Gasteiger partial charge in [0.05, 0.1) is 12.1 Å². The third-order valence-corrected chi connectivity index (χ3v) is 4.95. The van der Waals surface area contributed by atoms with Crippen LogP contribution in [0.15, 0.2) is 53.9 Å². The number of thiazole rings is 1. The fourth-order valence-electron chi connectivity index (χ4n) is 2.61. The molecule has 0 spiro atoms. The van der Waals surface area contributed by atoms with Crippen LogP contribution in [0.1, 0.15) is 28.5 Å². The van der Waals surface area contributed by atoms with Gasteiger partial charge in [0, 0.05) is 29.6 Å². The van der Waals surface area contributed by atoms with Crippen molar-refractivity contribution in [3.05, 3.63) is 76.5 Å². The zero-order chi connectivity index (χ0) is 19.9. The van der Waals surface area contributed by atoms with Crippen molar-refractivity contribution in [2.45, 2.75) is 19.9 Å². The van der Waals surface area contributed by atoms with E-state index >= 15 is 0 Å². The first-order valence-corrected chi connectivity index (χ1v) is 9.77. The van der Waals surface area contributed by atoms with Crippen molar-refractivity contribution in [1.29, 1.82) is 0 Å². The summed E-state index contributed by atoms with van der Waals surface area (Å²) in [7, 11) is 0. The number of benzene rings is 2. The number of halogens is 1. The molecule has 7 heteroatoms. The highest BCUT2D eigenvalue weighted by molar-refractivity contribution is 7.13. The molecule has 28 heavy (non-hydrogen) atoms. The molecule has 1 aromatic heterocycles. The van der Waals surface area contributed by atoms with E-state index in [0.29, 0.717) is 34.9 Å². The maximum atomic E-state index is 13.3. The molecule has 0 aliphatic heterocycles. The fraction of sp³-hybridized carbons (Fsp3) is 0.190. The molecule has 2 aromatic carbocycles. The second-order valence-electron chi connectivity index (χ2n) is 6.16. The average molecular weight is 397 g/mol. The summed E-state index contributed by atoms with van der Waals surface area (Å²) in [5.41, 5.74) is 2.83. The molecule has 3 rings (SSSR count). The summed E-state index contributed by atoms with van der Waals surface area (Å²) in [6.07, 6.45) is 0.156. The quantitative estimate of drug-likeness (QED) is 0.640. The standard InChI is InChI=1S/C21H20FN3O2S/c1-2-23-20(27)15-8-6-14(7-9-15)12-24-19(26)11-18-13-28-21(25-18)16-4-3-5-17(22)10-16/h3-10,13H,2,11-12H2,1H3,(H,23,27)(H,24,26). The summed E-state index contributed by atoms with van der Waals surface area (Å²) in [5.74, 6) is -0.579. The number of nitrogens with zero attached hydrogens (tertiary/aromatic N) is 1. The number of hydrogen-bond donors (Lipinski definition) is 2. The molecule has 0 fully saturated rings. The normalized spacial score (nSPS) is 10.5. The molecule has 144 valence electrons. The Morgan fingerprint density at radius 1 is 1.11 bits per heavy atom. The highest BCUT2D eigenvalue weighted by Gasteiger charge is 2.10. The van der Waals surface area contributed by atoms with Crippen LogP contribution in [0, 0.1) is 5.82 Å². The summed E-state index contributed by atoms with van der Waals surface area (Å²) in [4.78, 5) is 28.3.